The van der Waals surface area contributed by atoms with Gasteiger partial charge in [-0.05, 0) is 19.1 Å². The highest BCUT2D eigenvalue weighted by molar-refractivity contribution is 7.80. The van der Waals surface area contributed by atoms with Crippen LogP contribution in [0.2, 0.25) is 0 Å². The van der Waals surface area contributed by atoms with Crippen molar-refractivity contribution in [2.75, 3.05) is 19.8 Å². The molecule has 1 aromatic rings. The van der Waals surface area contributed by atoms with Gasteiger partial charge in [-0.1, -0.05) is 24.4 Å². The third-order valence-corrected chi connectivity index (χ3v) is 2.26. The van der Waals surface area contributed by atoms with Crippen LogP contribution in [0.25, 0.3) is 0 Å². The summed E-state index contributed by atoms with van der Waals surface area (Å²) in [6.45, 7) is 4.09. The molecule has 0 aromatic heterocycles. The van der Waals surface area contributed by atoms with Gasteiger partial charge in [0.15, 0.2) is 0 Å². The highest BCUT2D eigenvalue weighted by Crippen LogP contribution is 2.13. The topological polar surface area (TPSA) is 44.5 Å². The first-order valence-electron chi connectivity index (χ1n) is 5.34. The minimum Gasteiger partial charge on any atom is -0.493 e. The van der Waals surface area contributed by atoms with Gasteiger partial charge in [0.25, 0.3) is 0 Å². The van der Waals surface area contributed by atoms with Gasteiger partial charge in [-0.15, -0.1) is 0 Å². The predicted octanol–water partition coefficient (Wildman–Crippen LogP) is 2.13. The summed E-state index contributed by atoms with van der Waals surface area (Å²) in [6, 6.07) is 7.49. The number of ether oxygens (including phenoxy) is 2. The Bertz CT molecular complexity index is 342. The first-order chi connectivity index (χ1) is 7.74. The molecular formula is C12H17NO2S. The van der Waals surface area contributed by atoms with E-state index in [1.54, 1.807) is 0 Å². The first-order valence-corrected chi connectivity index (χ1v) is 5.75. The molecule has 0 unspecified atom stereocenters. The lowest BCUT2D eigenvalue weighted by Crippen LogP contribution is -2.09. The molecule has 0 heterocycles. The van der Waals surface area contributed by atoms with Crippen molar-refractivity contribution in [1.29, 1.82) is 0 Å². The van der Waals surface area contributed by atoms with E-state index in [4.69, 9.17) is 27.4 Å². The zero-order valence-corrected chi connectivity index (χ0v) is 10.3. The third kappa shape index (κ3) is 4.59. The Labute approximate surface area is 102 Å². The summed E-state index contributed by atoms with van der Waals surface area (Å²) in [5.74, 6) is 0.793. The van der Waals surface area contributed by atoms with E-state index in [1.165, 1.54) is 0 Å². The van der Waals surface area contributed by atoms with Gasteiger partial charge in [-0.25, -0.2) is 0 Å². The van der Waals surface area contributed by atoms with E-state index in [9.17, 15) is 0 Å². The summed E-state index contributed by atoms with van der Waals surface area (Å²) in [6.07, 6.45) is 0.880. The number of thiocarbonyl (C=S) groups is 1. The Morgan fingerprint density at radius 2 is 2.19 bits per heavy atom. The largest absolute Gasteiger partial charge is 0.493 e. The molecule has 3 nitrogen and oxygen atoms in total. The smallest absolute Gasteiger partial charge is 0.119 e. The number of nitrogens with two attached hydrogens (primary N) is 1. The van der Waals surface area contributed by atoms with E-state index >= 15 is 0 Å². The van der Waals surface area contributed by atoms with Crippen LogP contribution in [-0.4, -0.2) is 24.8 Å². The van der Waals surface area contributed by atoms with E-state index < -0.39 is 0 Å². The molecule has 2 N–H and O–H groups in total. The van der Waals surface area contributed by atoms with Gasteiger partial charge < -0.3 is 15.2 Å². The second-order valence-electron chi connectivity index (χ2n) is 3.29. The molecule has 16 heavy (non-hydrogen) atoms. The van der Waals surface area contributed by atoms with Crippen LogP contribution in [0.4, 0.5) is 0 Å². The van der Waals surface area contributed by atoms with Crippen LogP contribution < -0.4 is 10.5 Å². The summed E-state index contributed by atoms with van der Waals surface area (Å²) in [4.78, 5) is 0.389. The average Bonchev–Trinajstić information content (AvgIpc) is 2.29. The molecule has 1 rings (SSSR count). The fourth-order valence-electron chi connectivity index (χ4n) is 1.23. The van der Waals surface area contributed by atoms with Gasteiger partial charge in [0, 0.05) is 25.2 Å². The molecule has 0 aliphatic heterocycles. The molecule has 0 saturated carbocycles. The van der Waals surface area contributed by atoms with Gasteiger partial charge >= 0.3 is 0 Å². The third-order valence-electron chi connectivity index (χ3n) is 2.02. The van der Waals surface area contributed by atoms with Crippen molar-refractivity contribution in [3.8, 4) is 5.75 Å². The molecular weight excluding hydrogens is 222 g/mol. The van der Waals surface area contributed by atoms with Crippen molar-refractivity contribution in [2.24, 2.45) is 5.73 Å². The molecule has 0 saturated heterocycles. The Hall–Kier alpha value is -1.13. The average molecular weight is 239 g/mol. The molecule has 0 amide bonds. The van der Waals surface area contributed by atoms with Crippen LogP contribution in [0.5, 0.6) is 5.75 Å². The van der Waals surface area contributed by atoms with Crippen LogP contribution in [0.1, 0.15) is 18.9 Å². The van der Waals surface area contributed by atoms with Gasteiger partial charge in [0.05, 0.1) is 6.61 Å². The Morgan fingerprint density at radius 3 is 2.88 bits per heavy atom. The molecule has 0 atom stereocenters. The van der Waals surface area contributed by atoms with Crippen LogP contribution in [0.3, 0.4) is 0 Å². The van der Waals surface area contributed by atoms with E-state index in [0.717, 1.165) is 30.9 Å². The molecule has 0 bridgehead atoms. The molecule has 0 aliphatic carbocycles. The summed E-state index contributed by atoms with van der Waals surface area (Å²) in [7, 11) is 0. The quantitative estimate of drug-likeness (QED) is 0.585. The minimum absolute atomic E-state index is 0.389. The standard InChI is InChI=1S/C12H17NO2S/c1-2-14-7-4-8-15-11-6-3-5-10(9-11)12(13)16/h3,5-6,9H,2,4,7-8H2,1H3,(H2,13,16). The highest BCUT2D eigenvalue weighted by atomic mass is 32.1. The van der Waals surface area contributed by atoms with E-state index in [0.29, 0.717) is 11.6 Å². The summed E-state index contributed by atoms with van der Waals surface area (Å²) in [5, 5.41) is 0. The molecule has 0 spiro atoms. The maximum atomic E-state index is 5.55. The van der Waals surface area contributed by atoms with Crippen molar-refractivity contribution in [3.05, 3.63) is 29.8 Å². The van der Waals surface area contributed by atoms with Crippen molar-refractivity contribution in [3.63, 3.8) is 0 Å². The lowest BCUT2D eigenvalue weighted by atomic mass is 10.2. The van der Waals surface area contributed by atoms with Crippen LogP contribution in [-0.2, 0) is 4.74 Å². The summed E-state index contributed by atoms with van der Waals surface area (Å²) >= 11 is 4.89. The fourth-order valence-corrected chi connectivity index (χ4v) is 1.36. The van der Waals surface area contributed by atoms with E-state index in [1.807, 2.05) is 31.2 Å². The van der Waals surface area contributed by atoms with Crippen molar-refractivity contribution >= 4 is 17.2 Å². The number of hydrogen-bond acceptors (Lipinski definition) is 3. The summed E-state index contributed by atoms with van der Waals surface area (Å²) < 4.78 is 10.8. The highest BCUT2D eigenvalue weighted by Gasteiger charge is 1.98. The fraction of sp³-hybridized carbons (Fsp3) is 0.417. The normalized spacial score (nSPS) is 10.1. The van der Waals surface area contributed by atoms with Crippen molar-refractivity contribution in [2.45, 2.75) is 13.3 Å². The molecule has 0 aliphatic rings. The maximum Gasteiger partial charge on any atom is 0.119 e. The first kappa shape index (κ1) is 12.9. The van der Waals surface area contributed by atoms with Gasteiger partial charge in [0.2, 0.25) is 0 Å². The number of benzene rings is 1. The predicted molar refractivity (Wildman–Crippen MR) is 68.9 cm³/mol. The summed E-state index contributed by atoms with van der Waals surface area (Å²) in [5.41, 5.74) is 6.36. The minimum atomic E-state index is 0.389. The van der Waals surface area contributed by atoms with Gasteiger partial charge in [-0.2, -0.15) is 0 Å². The van der Waals surface area contributed by atoms with Crippen molar-refractivity contribution in [1.82, 2.24) is 0 Å². The molecule has 1 aromatic carbocycles. The van der Waals surface area contributed by atoms with Crippen LogP contribution >= 0.6 is 12.2 Å². The van der Waals surface area contributed by atoms with Crippen LogP contribution in [0, 0.1) is 0 Å². The number of hydrogen-bond donors (Lipinski definition) is 1. The van der Waals surface area contributed by atoms with Crippen molar-refractivity contribution < 1.29 is 9.47 Å². The Kier molecular flexibility index (Phi) is 5.82. The SMILES string of the molecule is CCOCCCOc1cccc(C(N)=S)c1. The zero-order chi connectivity index (χ0) is 11.8. The molecule has 88 valence electrons. The van der Waals surface area contributed by atoms with Gasteiger partial charge in [-0.3, -0.25) is 0 Å². The lowest BCUT2D eigenvalue weighted by molar-refractivity contribution is 0.131. The van der Waals surface area contributed by atoms with Gasteiger partial charge in [0.1, 0.15) is 10.7 Å². The molecule has 0 fully saturated rings. The molecule has 0 radical (unpaired) electrons. The Balaban J connectivity index is 2.36. The monoisotopic (exact) mass is 239 g/mol. The second kappa shape index (κ2) is 7.19. The maximum absolute atomic E-state index is 5.55. The van der Waals surface area contributed by atoms with E-state index in [-0.39, 0.29) is 0 Å². The Morgan fingerprint density at radius 1 is 1.38 bits per heavy atom. The van der Waals surface area contributed by atoms with E-state index in [2.05, 4.69) is 0 Å². The molecule has 4 heteroatoms. The second-order valence-corrected chi connectivity index (χ2v) is 3.73. The number of rotatable bonds is 7. The lowest BCUT2D eigenvalue weighted by Gasteiger charge is -2.07. The zero-order valence-electron chi connectivity index (χ0n) is 9.44. The van der Waals surface area contributed by atoms with Crippen LogP contribution in [0.15, 0.2) is 24.3 Å².